The zero-order valence-corrected chi connectivity index (χ0v) is 22.0. The molecule has 0 radical (unpaired) electrons. The molecule has 3 N–H and O–H groups in total. The Kier molecular flexibility index (Phi) is 8.18. The Morgan fingerprint density at radius 2 is 1.79 bits per heavy atom. The van der Waals surface area contributed by atoms with Gasteiger partial charge in [-0.05, 0) is 49.7 Å². The summed E-state index contributed by atoms with van der Waals surface area (Å²) in [7, 11) is 0. The third kappa shape index (κ3) is 6.06. The van der Waals surface area contributed by atoms with Gasteiger partial charge < -0.3 is 9.32 Å². The topological polar surface area (TPSA) is 142 Å². The van der Waals surface area contributed by atoms with Crippen molar-refractivity contribution in [2.45, 2.75) is 26.8 Å². The quantitative estimate of drug-likeness (QED) is 0.223. The summed E-state index contributed by atoms with van der Waals surface area (Å²) >= 11 is 11.9. The SMILES string of the molecule is CCN(CC)c1ccc2cc(C(=O)NNC(=O)Cn3nc(Cc4ccc(Cl)c(Cl)c4)[nH]c3=O)c(=O)oc2c1. The molecule has 11 nitrogen and oxygen atoms in total. The molecule has 0 fully saturated rings. The first kappa shape index (κ1) is 27.0. The lowest BCUT2D eigenvalue weighted by Gasteiger charge is -2.21. The van der Waals surface area contributed by atoms with Gasteiger partial charge >= 0.3 is 11.3 Å². The molecule has 198 valence electrons. The summed E-state index contributed by atoms with van der Waals surface area (Å²) in [5, 5.41) is 5.41. The standard InChI is InChI=1S/C25H24Cl2N6O5/c1-3-32(4-2)16-7-6-15-11-17(24(36)38-20(15)12-16)23(35)30-29-22(34)13-33-25(37)28-21(31-33)10-14-5-8-18(26)19(27)9-14/h5-9,11-12H,3-4,10,13H2,1-2H3,(H,29,34)(H,30,35)(H,28,31,37). The number of H-pyrrole nitrogens is 1. The van der Waals surface area contributed by atoms with Gasteiger partial charge in [0.2, 0.25) is 0 Å². The van der Waals surface area contributed by atoms with E-state index in [2.05, 4.69) is 25.8 Å². The molecule has 0 bridgehead atoms. The molecule has 4 aromatic rings. The van der Waals surface area contributed by atoms with E-state index in [0.29, 0.717) is 26.8 Å². The number of anilines is 1. The van der Waals surface area contributed by atoms with Gasteiger partial charge in [0.05, 0.1) is 10.0 Å². The molecule has 2 amide bonds. The van der Waals surface area contributed by atoms with Crippen molar-refractivity contribution in [1.29, 1.82) is 0 Å². The van der Waals surface area contributed by atoms with Gasteiger partial charge in [0.1, 0.15) is 23.5 Å². The molecule has 0 saturated carbocycles. The van der Waals surface area contributed by atoms with Crippen molar-refractivity contribution in [2.75, 3.05) is 18.0 Å². The molecule has 0 spiro atoms. The van der Waals surface area contributed by atoms with Crippen LogP contribution in [-0.4, -0.2) is 39.7 Å². The van der Waals surface area contributed by atoms with Crippen LogP contribution in [0, 0.1) is 0 Å². The summed E-state index contributed by atoms with van der Waals surface area (Å²) in [6.07, 6.45) is 0.256. The van der Waals surface area contributed by atoms with Crippen molar-refractivity contribution in [2.24, 2.45) is 0 Å². The second kappa shape index (κ2) is 11.5. The minimum atomic E-state index is -0.864. The zero-order valence-electron chi connectivity index (χ0n) is 20.5. The number of carbonyl (C=O) groups is 2. The van der Waals surface area contributed by atoms with E-state index >= 15 is 0 Å². The first-order valence-corrected chi connectivity index (χ1v) is 12.5. The van der Waals surface area contributed by atoms with Crippen molar-refractivity contribution in [3.8, 4) is 0 Å². The van der Waals surface area contributed by atoms with Crippen LogP contribution in [0.5, 0.6) is 0 Å². The Hall–Kier alpha value is -4.09. The fourth-order valence-electron chi connectivity index (χ4n) is 3.85. The fourth-order valence-corrected chi connectivity index (χ4v) is 4.17. The third-order valence-corrected chi connectivity index (χ3v) is 6.52. The van der Waals surface area contributed by atoms with E-state index in [4.69, 9.17) is 27.6 Å². The number of hydrogen-bond donors (Lipinski definition) is 3. The summed E-state index contributed by atoms with van der Waals surface area (Å²) in [6, 6.07) is 11.8. The number of hydrazine groups is 1. The Morgan fingerprint density at radius 3 is 2.50 bits per heavy atom. The smallest absolute Gasteiger partial charge is 0.349 e. The Balaban J connectivity index is 1.39. The van der Waals surface area contributed by atoms with Gasteiger partial charge in [-0.1, -0.05) is 29.3 Å². The van der Waals surface area contributed by atoms with Crippen LogP contribution in [0.2, 0.25) is 10.0 Å². The predicted molar refractivity (Wildman–Crippen MR) is 144 cm³/mol. The van der Waals surface area contributed by atoms with Gasteiger partial charge in [-0.2, -0.15) is 5.10 Å². The number of hydrogen-bond acceptors (Lipinski definition) is 7. The van der Waals surface area contributed by atoms with Gasteiger partial charge in [-0.25, -0.2) is 14.3 Å². The molecule has 4 rings (SSSR count). The highest BCUT2D eigenvalue weighted by atomic mass is 35.5. The van der Waals surface area contributed by atoms with E-state index in [1.54, 1.807) is 30.3 Å². The molecule has 0 aliphatic carbocycles. The molecule has 0 atom stereocenters. The van der Waals surface area contributed by atoms with Crippen molar-refractivity contribution >= 4 is 51.7 Å². The van der Waals surface area contributed by atoms with E-state index in [0.717, 1.165) is 29.0 Å². The summed E-state index contributed by atoms with van der Waals surface area (Å²) in [5.74, 6) is -1.29. The minimum Gasteiger partial charge on any atom is -0.422 e. The number of nitrogens with one attached hydrogen (secondary N) is 3. The first-order chi connectivity index (χ1) is 18.2. The molecule has 13 heteroatoms. The van der Waals surface area contributed by atoms with E-state index in [-0.39, 0.29) is 12.0 Å². The number of halogens is 2. The van der Waals surface area contributed by atoms with Crippen molar-refractivity contribution in [1.82, 2.24) is 25.6 Å². The largest absolute Gasteiger partial charge is 0.422 e. The number of carbonyl (C=O) groups excluding carboxylic acids is 2. The van der Waals surface area contributed by atoms with Gasteiger partial charge in [-0.3, -0.25) is 25.4 Å². The molecule has 2 aromatic carbocycles. The number of nitrogens with zero attached hydrogens (tertiary/aromatic N) is 3. The molecule has 0 aliphatic rings. The monoisotopic (exact) mass is 558 g/mol. The lowest BCUT2D eigenvalue weighted by atomic mass is 10.1. The second-order valence-corrected chi connectivity index (χ2v) is 9.12. The maximum absolute atomic E-state index is 12.6. The molecule has 0 aliphatic heterocycles. The third-order valence-electron chi connectivity index (χ3n) is 5.78. The van der Waals surface area contributed by atoms with E-state index < -0.39 is 29.7 Å². The normalized spacial score (nSPS) is 10.9. The average molecular weight is 559 g/mol. The molecular formula is C25H24Cl2N6O5. The van der Waals surface area contributed by atoms with Crippen LogP contribution in [0.25, 0.3) is 11.0 Å². The van der Waals surface area contributed by atoms with Crippen molar-refractivity contribution in [3.05, 3.63) is 90.4 Å². The van der Waals surface area contributed by atoms with Crippen LogP contribution in [0.1, 0.15) is 35.6 Å². The summed E-state index contributed by atoms with van der Waals surface area (Å²) in [4.78, 5) is 54.2. The van der Waals surface area contributed by atoms with Crippen molar-refractivity contribution in [3.63, 3.8) is 0 Å². The summed E-state index contributed by atoms with van der Waals surface area (Å²) in [5.41, 5.74) is 4.59. The van der Waals surface area contributed by atoms with Crippen LogP contribution in [-0.2, 0) is 17.8 Å². The minimum absolute atomic E-state index is 0.256. The van der Waals surface area contributed by atoms with Crippen LogP contribution in [0.3, 0.4) is 0 Å². The molecule has 2 aromatic heterocycles. The van der Waals surface area contributed by atoms with E-state index in [1.807, 2.05) is 19.9 Å². The Bertz CT molecular complexity index is 1620. The Morgan fingerprint density at radius 1 is 1.03 bits per heavy atom. The van der Waals surface area contributed by atoms with Crippen LogP contribution < -0.4 is 27.1 Å². The first-order valence-electron chi connectivity index (χ1n) is 11.7. The lowest BCUT2D eigenvalue weighted by Crippen LogP contribution is -2.45. The summed E-state index contributed by atoms with van der Waals surface area (Å²) in [6.45, 7) is 5.14. The van der Waals surface area contributed by atoms with E-state index in [1.165, 1.54) is 6.07 Å². The average Bonchev–Trinajstić information content (AvgIpc) is 3.23. The molecule has 38 heavy (non-hydrogen) atoms. The number of benzene rings is 2. The Labute approximate surface area is 226 Å². The second-order valence-electron chi connectivity index (χ2n) is 8.30. The van der Waals surface area contributed by atoms with Crippen LogP contribution in [0.15, 0.2) is 56.5 Å². The highest BCUT2D eigenvalue weighted by Crippen LogP contribution is 2.23. The van der Waals surface area contributed by atoms with Gasteiger partial charge in [0.15, 0.2) is 0 Å². The number of rotatable bonds is 8. The highest BCUT2D eigenvalue weighted by molar-refractivity contribution is 6.42. The van der Waals surface area contributed by atoms with Gasteiger partial charge in [0, 0.05) is 36.7 Å². The lowest BCUT2D eigenvalue weighted by molar-refractivity contribution is -0.122. The van der Waals surface area contributed by atoms with Crippen LogP contribution in [0.4, 0.5) is 5.69 Å². The maximum Gasteiger partial charge on any atom is 0.349 e. The molecule has 0 saturated heterocycles. The number of fused-ring (bicyclic) bond motifs is 1. The number of amides is 2. The summed E-state index contributed by atoms with van der Waals surface area (Å²) < 4.78 is 6.26. The molecule has 2 heterocycles. The molecular weight excluding hydrogens is 535 g/mol. The fraction of sp³-hybridized carbons (Fsp3) is 0.240. The van der Waals surface area contributed by atoms with Crippen LogP contribution >= 0.6 is 23.2 Å². The highest BCUT2D eigenvalue weighted by Gasteiger charge is 2.17. The maximum atomic E-state index is 12.6. The number of aromatic nitrogens is 3. The predicted octanol–water partition coefficient (Wildman–Crippen LogP) is 2.88. The number of aromatic amines is 1. The van der Waals surface area contributed by atoms with Gasteiger partial charge in [0.25, 0.3) is 11.8 Å². The molecule has 0 unspecified atom stereocenters. The van der Waals surface area contributed by atoms with E-state index in [9.17, 15) is 19.2 Å². The van der Waals surface area contributed by atoms with Crippen molar-refractivity contribution < 1.29 is 14.0 Å². The van der Waals surface area contributed by atoms with Gasteiger partial charge in [-0.15, -0.1) is 0 Å². The zero-order chi connectivity index (χ0) is 27.4.